The van der Waals surface area contributed by atoms with Crippen molar-refractivity contribution in [2.45, 2.75) is 31.7 Å². The van der Waals surface area contributed by atoms with Gasteiger partial charge in [0.15, 0.2) is 0 Å². The smallest absolute Gasteiger partial charge is 0.225 e. The van der Waals surface area contributed by atoms with Crippen molar-refractivity contribution in [2.75, 3.05) is 31.2 Å². The van der Waals surface area contributed by atoms with Crippen LogP contribution in [-0.4, -0.2) is 43.2 Å². The fourth-order valence-electron chi connectivity index (χ4n) is 3.22. The maximum absolute atomic E-state index is 12.5. The monoisotopic (exact) mass is 314 g/mol. The van der Waals surface area contributed by atoms with Crippen molar-refractivity contribution in [1.82, 2.24) is 10.3 Å². The zero-order chi connectivity index (χ0) is 16.1. The molecule has 1 aromatic rings. The Morgan fingerprint density at radius 2 is 2.17 bits per heavy atom. The summed E-state index contributed by atoms with van der Waals surface area (Å²) in [5.74, 6) is 0.907. The van der Waals surface area contributed by atoms with Crippen LogP contribution >= 0.6 is 0 Å². The first-order valence-electron chi connectivity index (χ1n) is 8.26. The highest BCUT2D eigenvalue weighted by Crippen LogP contribution is 2.22. The molecule has 0 aliphatic carbocycles. The van der Waals surface area contributed by atoms with Crippen molar-refractivity contribution >= 4 is 11.7 Å². The number of hydrogen-bond donors (Lipinski definition) is 1. The van der Waals surface area contributed by atoms with Crippen LogP contribution in [0.1, 0.15) is 31.4 Å². The second kappa shape index (κ2) is 7.42. The second-order valence-electron chi connectivity index (χ2n) is 6.17. The standard InChI is InChI=1S/C17H22N4O2/c18-11-15-4-1-5-16(19-15)21-8-2-3-13(12-21)17(22)20-14-6-9-23-10-7-14/h1,4-5,13-14H,2-3,6-10,12H2,(H,20,22). The van der Waals surface area contributed by atoms with Crippen LogP contribution in [0.4, 0.5) is 5.82 Å². The van der Waals surface area contributed by atoms with Gasteiger partial charge in [-0.2, -0.15) is 5.26 Å². The number of hydrogen-bond acceptors (Lipinski definition) is 5. The Morgan fingerprint density at radius 1 is 1.35 bits per heavy atom. The quantitative estimate of drug-likeness (QED) is 0.914. The highest BCUT2D eigenvalue weighted by Gasteiger charge is 2.28. The molecule has 1 atom stereocenters. The number of anilines is 1. The third-order valence-electron chi connectivity index (χ3n) is 4.53. The molecule has 0 radical (unpaired) electrons. The summed E-state index contributed by atoms with van der Waals surface area (Å²) in [6.07, 6.45) is 3.66. The van der Waals surface area contributed by atoms with Gasteiger partial charge in [0.1, 0.15) is 17.6 Å². The minimum atomic E-state index is -0.0147. The predicted molar refractivity (Wildman–Crippen MR) is 85.9 cm³/mol. The lowest BCUT2D eigenvalue weighted by Gasteiger charge is -2.34. The third-order valence-corrected chi connectivity index (χ3v) is 4.53. The molecule has 1 unspecified atom stereocenters. The number of carbonyl (C=O) groups is 1. The van der Waals surface area contributed by atoms with E-state index in [1.807, 2.05) is 12.1 Å². The van der Waals surface area contributed by atoms with E-state index in [1.54, 1.807) is 6.07 Å². The van der Waals surface area contributed by atoms with Gasteiger partial charge in [0.05, 0.1) is 5.92 Å². The van der Waals surface area contributed by atoms with Gasteiger partial charge in [-0.1, -0.05) is 6.07 Å². The van der Waals surface area contributed by atoms with Crippen LogP contribution < -0.4 is 10.2 Å². The topological polar surface area (TPSA) is 78.2 Å². The Labute approximate surface area is 136 Å². The van der Waals surface area contributed by atoms with Gasteiger partial charge in [0.2, 0.25) is 5.91 Å². The SMILES string of the molecule is N#Cc1cccc(N2CCCC(C(=O)NC3CCOCC3)C2)n1. The van der Waals surface area contributed by atoms with Gasteiger partial charge in [-0.3, -0.25) is 4.79 Å². The molecular weight excluding hydrogens is 292 g/mol. The van der Waals surface area contributed by atoms with E-state index in [1.165, 1.54) is 0 Å². The van der Waals surface area contributed by atoms with Crippen molar-refractivity contribution in [3.05, 3.63) is 23.9 Å². The predicted octanol–water partition coefficient (Wildman–Crippen LogP) is 1.46. The molecule has 1 N–H and O–H groups in total. The van der Waals surface area contributed by atoms with E-state index < -0.39 is 0 Å². The van der Waals surface area contributed by atoms with Crippen molar-refractivity contribution in [3.63, 3.8) is 0 Å². The molecule has 6 nitrogen and oxygen atoms in total. The fourth-order valence-corrected chi connectivity index (χ4v) is 3.22. The number of ether oxygens (including phenoxy) is 1. The summed E-state index contributed by atoms with van der Waals surface area (Å²) < 4.78 is 5.33. The molecule has 2 fully saturated rings. The molecule has 122 valence electrons. The zero-order valence-corrected chi connectivity index (χ0v) is 13.2. The molecule has 1 aromatic heterocycles. The van der Waals surface area contributed by atoms with Crippen LogP contribution in [0.3, 0.4) is 0 Å². The Bertz CT molecular complexity index is 593. The minimum Gasteiger partial charge on any atom is -0.381 e. The van der Waals surface area contributed by atoms with Crippen LogP contribution in [0.25, 0.3) is 0 Å². The van der Waals surface area contributed by atoms with E-state index in [0.29, 0.717) is 12.2 Å². The van der Waals surface area contributed by atoms with Gasteiger partial charge in [-0.25, -0.2) is 4.98 Å². The van der Waals surface area contributed by atoms with E-state index >= 15 is 0 Å². The lowest BCUT2D eigenvalue weighted by molar-refractivity contribution is -0.126. The average molecular weight is 314 g/mol. The van der Waals surface area contributed by atoms with Crippen molar-refractivity contribution in [3.8, 4) is 6.07 Å². The number of nitriles is 1. The number of amides is 1. The van der Waals surface area contributed by atoms with E-state index in [-0.39, 0.29) is 17.9 Å². The zero-order valence-electron chi connectivity index (χ0n) is 13.2. The molecule has 2 saturated heterocycles. The molecule has 2 aliphatic heterocycles. The summed E-state index contributed by atoms with van der Waals surface area (Å²) in [5, 5.41) is 12.1. The molecule has 0 saturated carbocycles. The van der Waals surface area contributed by atoms with Crippen molar-refractivity contribution in [2.24, 2.45) is 5.92 Å². The minimum absolute atomic E-state index is 0.0147. The summed E-state index contributed by atoms with van der Waals surface area (Å²) in [5.41, 5.74) is 0.413. The molecule has 6 heteroatoms. The Kier molecular flexibility index (Phi) is 5.09. The molecule has 0 aromatic carbocycles. The number of pyridine rings is 1. The maximum Gasteiger partial charge on any atom is 0.225 e. The summed E-state index contributed by atoms with van der Waals surface area (Å²) in [6.45, 7) is 3.00. The Balaban J connectivity index is 1.61. The van der Waals surface area contributed by atoms with E-state index in [9.17, 15) is 4.79 Å². The highest BCUT2D eigenvalue weighted by atomic mass is 16.5. The lowest BCUT2D eigenvalue weighted by atomic mass is 9.96. The van der Waals surface area contributed by atoms with Crippen LogP contribution in [0.5, 0.6) is 0 Å². The van der Waals surface area contributed by atoms with E-state index in [4.69, 9.17) is 10.00 Å². The van der Waals surface area contributed by atoms with Crippen molar-refractivity contribution < 1.29 is 9.53 Å². The lowest BCUT2D eigenvalue weighted by Crippen LogP contribution is -2.47. The van der Waals surface area contributed by atoms with Crippen LogP contribution in [0.2, 0.25) is 0 Å². The van der Waals surface area contributed by atoms with Gasteiger partial charge in [-0.15, -0.1) is 0 Å². The van der Waals surface area contributed by atoms with Crippen molar-refractivity contribution in [1.29, 1.82) is 5.26 Å². The van der Waals surface area contributed by atoms with Crippen LogP contribution in [0, 0.1) is 17.2 Å². The molecule has 2 aliphatic rings. The number of rotatable bonds is 3. The van der Waals surface area contributed by atoms with Gasteiger partial charge in [0, 0.05) is 32.3 Å². The first kappa shape index (κ1) is 15.8. The first-order chi connectivity index (χ1) is 11.3. The highest BCUT2D eigenvalue weighted by molar-refractivity contribution is 5.79. The molecule has 1 amide bonds. The van der Waals surface area contributed by atoms with Gasteiger partial charge < -0.3 is 15.0 Å². The summed E-state index contributed by atoms with van der Waals surface area (Å²) in [4.78, 5) is 19.0. The Morgan fingerprint density at radius 3 is 2.96 bits per heavy atom. The maximum atomic E-state index is 12.5. The van der Waals surface area contributed by atoms with Gasteiger partial charge in [-0.05, 0) is 37.8 Å². The molecular formula is C17H22N4O2. The summed E-state index contributed by atoms with van der Waals surface area (Å²) in [7, 11) is 0. The molecule has 0 bridgehead atoms. The summed E-state index contributed by atoms with van der Waals surface area (Å²) in [6, 6.07) is 7.75. The molecule has 0 spiro atoms. The normalized spacial score (nSPS) is 22.4. The average Bonchev–Trinajstić information content (AvgIpc) is 2.63. The molecule has 3 heterocycles. The summed E-state index contributed by atoms with van der Waals surface area (Å²) >= 11 is 0. The van der Waals surface area contributed by atoms with Gasteiger partial charge >= 0.3 is 0 Å². The van der Waals surface area contributed by atoms with Crippen LogP contribution in [0.15, 0.2) is 18.2 Å². The van der Waals surface area contributed by atoms with Gasteiger partial charge in [0.25, 0.3) is 0 Å². The van der Waals surface area contributed by atoms with Crippen LogP contribution in [-0.2, 0) is 9.53 Å². The second-order valence-corrected chi connectivity index (χ2v) is 6.17. The molecule has 3 rings (SSSR count). The fraction of sp³-hybridized carbons (Fsp3) is 0.588. The largest absolute Gasteiger partial charge is 0.381 e. The number of carbonyl (C=O) groups excluding carboxylic acids is 1. The Hall–Kier alpha value is -2.13. The third kappa shape index (κ3) is 3.99. The van der Waals surface area contributed by atoms with E-state index in [0.717, 1.165) is 51.3 Å². The van der Waals surface area contributed by atoms with E-state index in [2.05, 4.69) is 21.3 Å². The number of piperidine rings is 1. The molecule has 23 heavy (non-hydrogen) atoms. The number of nitrogens with zero attached hydrogens (tertiary/aromatic N) is 3. The number of nitrogens with one attached hydrogen (secondary N) is 1. The first-order valence-corrected chi connectivity index (χ1v) is 8.26. The number of aromatic nitrogens is 1.